The lowest BCUT2D eigenvalue weighted by Gasteiger charge is -2.28. The van der Waals surface area contributed by atoms with Crippen molar-refractivity contribution in [3.63, 3.8) is 0 Å². The van der Waals surface area contributed by atoms with Gasteiger partial charge in [0.1, 0.15) is 5.82 Å². The average Bonchev–Trinajstić information content (AvgIpc) is 3.43. The Morgan fingerprint density at radius 2 is 1.83 bits per heavy atom. The molecule has 3 heterocycles. The standard InChI is InChI=1S/C31H30FN5O3S/c1-18-7-8-21(30(39)40)17-26(18)37-19(2)16-24(20(37)3)29-28(25-6-4-5-14-33-25)35-31(41)36(29)15-13-27(38)34-23-11-9-22(32)10-12-23/h4-12,14,16-17,28-29H,13,15H2,1-3H3,(H,34,38)(H,35,41)(H,39,40)/t28-,29-/m1/s1. The van der Waals surface area contributed by atoms with Gasteiger partial charge in [0.2, 0.25) is 5.91 Å². The summed E-state index contributed by atoms with van der Waals surface area (Å²) in [5, 5.41) is 16.3. The van der Waals surface area contributed by atoms with Gasteiger partial charge < -0.3 is 25.2 Å². The Hall–Kier alpha value is -4.57. The van der Waals surface area contributed by atoms with Crippen LogP contribution < -0.4 is 10.6 Å². The molecule has 8 nitrogen and oxygen atoms in total. The van der Waals surface area contributed by atoms with Crippen molar-refractivity contribution in [2.24, 2.45) is 0 Å². The third-order valence-corrected chi connectivity index (χ3v) is 7.74. The van der Waals surface area contributed by atoms with E-state index in [1.807, 2.05) is 49.9 Å². The van der Waals surface area contributed by atoms with Crippen LogP contribution in [0.1, 0.15) is 57.1 Å². The number of anilines is 1. The van der Waals surface area contributed by atoms with Crippen molar-refractivity contribution < 1.29 is 19.1 Å². The molecule has 0 bridgehead atoms. The molecule has 4 aromatic rings. The molecule has 2 aromatic carbocycles. The van der Waals surface area contributed by atoms with Gasteiger partial charge in [-0.1, -0.05) is 12.1 Å². The monoisotopic (exact) mass is 571 g/mol. The maximum Gasteiger partial charge on any atom is 0.335 e. The van der Waals surface area contributed by atoms with Gasteiger partial charge in [-0.05, 0) is 98.7 Å². The van der Waals surface area contributed by atoms with Crippen LogP contribution in [0.5, 0.6) is 0 Å². The number of nitrogens with zero attached hydrogens (tertiary/aromatic N) is 3. The van der Waals surface area contributed by atoms with Gasteiger partial charge in [-0.2, -0.15) is 0 Å². The predicted molar refractivity (Wildman–Crippen MR) is 159 cm³/mol. The number of hydrogen-bond acceptors (Lipinski definition) is 4. The number of amides is 1. The Morgan fingerprint density at radius 1 is 1.07 bits per heavy atom. The molecule has 1 aliphatic rings. The second-order valence-corrected chi connectivity index (χ2v) is 10.5. The van der Waals surface area contributed by atoms with Crippen LogP contribution in [-0.2, 0) is 4.79 Å². The van der Waals surface area contributed by atoms with Crippen LogP contribution in [0.25, 0.3) is 5.69 Å². The third kappa shape index (κ3) is 5.69. The second kappa shape index (κ2) is 11.5. The van der Waals surface area contributed by atoms with E-state index in [1.54, 1.807) is 18.3 Å². The van der Waals surface area contributed by atoms with Crippen molar-refractivity contribution in [2.45, 2.75) is 39.3 Å². The maximum absolute atomic E-state index is 13.3. The Kier molecular flexibility index (Phi) is 7.85. The minimum Gasteiger partial charge on any atom is -0.478 e. The number of aryl methyl sites for hydroxylation is 2. The quantitative estimate of drug-likeness (QED) is 0.236. The first-order chi connectivity index (χ1) is 19.6. The molecule has 0 saturated carbocycles. The van der Waals surface area contributed by atoms with Crippen molar-refractivity contribution in [1.29, 1.82) is 0 Å². The van der Waals surface area contributed by atoms with Crippen molar-refractivity contribution >= 4 is 34.9 Å². The Labute approximate surface area is 242 Å². The van der Waals surface area contributed by atoms with E-state index in [9.17, 15) is 19.1 Å². The molecule has 5 rings (SSSR count). The molecular weight excluding hydrogens is 541 g/mol. The molecule has 41 heavy (non-hydrogen) atoms. The smallest absolute Gasteiger partial charge is 0.335 e. The SMILES string of the molecule is Cc1ccc(C(=O)O)cc1-n1c(C)cc([C@@H]2[C@@H](c3ccccn3)NC(=S)N2CCC(=O)Nc2ccc(F)cc2)c1C. The molecule has 10 heteroatoms. The highest BCUT2D eigenvalue weighted by molar-refractivity contribution is 7.80. The first kappa shape index (κ1) is 28.0. The van der Waals surface area contributed by atoms with Crippen LogP contribution in [0.2, 0.25) is 0 Å². The van der Waals surface area contributed by atoms with E-state index in [2.05, 4.69) is 26.3 Å². The van der Waals surface area contributed by atoms with Crippen LogP contribution in [0.15, 0.2) is 72.9 Å². The molecular formula is C31H30FN5O3S. The van der Waals surface area contributed by atoms with Crippen LogP contribution in [0, 0.1) is 26.6 Å². The minimum absolute atomic E-state index is 0.156. The van der Waals surface area contributed by atoms with Crippen LogP contribution in [0.3, 0.4) is 0 Å². The summed E-state index contributed by atoms with van der Waals surface area (Å²) in [7, 11) is 0. The van der Waals surface area contributed by atoms with Crippen molar-refractivity contribution in [2.75, 3.05) is 11.9 Å². The van der Waals surface area contributed by atoms with Gasteiger partial charge >= 0.3 is 5.97 Å². The van der Waals surface area contributed by atoms with Crippen LogP contribution in [-0.4, -0.2) is 43.1 Å². The van der Waals surface area contributed by atoms with Gasteiger partial charge in [0.25, 0.3) is 0 Å². The number of nitrogens with one attached hydrogen (secondary N) is 2. The number of rotatable bonds is 8. The highest BCUT2D eigenvalue weighted by Crippen LogP contribution is 2.41. The molecule has 2 atom stereocenters. The number of halogens is 1. The summed E-state index contributed by atoms with van der Waals surface area (Å²) < 4.78 is 15.3. The molecule has 1 amide bonds. The molecule has 1 saturated heterocycles. The molecule has 2 aromatic heterocycles. The fourth-order valence-electron chi connectivity index (χ4n) is 5.40. The van der Waals surface area contributed by atoms with E-state index in [0.717, 1.165) is 33.9 Å². The number of carboxylic acids is 1. The number of benzene rings is 2. The number of thiocarbonyl (C=S) groups is 1. The number of carbonyl (C=O) groups is 2. The zero-order valence-electron chi connectivity index (χ0n) is 22.9. The fourth-order valence-corrected chi connectivity index (χ4v) is 5.74. The minimum atomic E-state index is -0.986. The molecule has 0 radical (unpaired) electrons. The van der Waals surface area contributed by atoms with Gasteiger partial charge in [0.05, 0.1) is 23.3 Å². The topological polar surface area (TPSA) is 99.5 Å². The predicted octanol–water partition coefficient (Wildman–Crippen LogP) is 5.64. The van der Waals surface area contributed by atoms with Crippen molar-refractivity contribution in [3.8, 4) is 5.69 Å². The molecule has 210 valence electrons. The summed E-state index contributed by atoms with van der Waals surface area (Å²) in [6.07, 6.45) is 1.89. The van der Waals surface area contributed by atoms with Gasteiger partial charge in [0, 0.05) is 41.9 Å². The summed E-state index contributed by atoms with van der Waals surface area (Å²) >= 11 is 5.78. The van der Waals surface area contributed by atoms with Crippen LogP contribution in [0.4, 0.5) is 10.1 Å². The number of pyridine rings is 1. The number of aromatic nitrogens is 2. The average molecular weight is 572 g/mol. The first-order valence-electron chi connectivity index (χ1n) is 13.2. The van der Waals surface area contributed by atoms with E-state index >= 15 is 0 Å². The van der Waals surface area contributed by atoms with Crippen LogP contribution >= 0.6 is 12.2 Å². The molecule has 0 spiro atoms. The van der Waals surface area contributed by atoms with Gasteiger partial charge in [-0.15, -0.1) is 0 Å². The van der Waals surface area contributed by atoms with E-state index in [0.29, 0.717) is 17.3 Å². The van der Waals surface area contributed by atoms with E-state index < -0.39 is 5.97 Å². The highest BCUT2D eigenvalue weighted by Gasteiger charge is 2.41. The number of carboxylic acid groups (broad SMARTS) is 1. The van der Waals surface area contributed by atoms with Gasteiger partial charge in [-0.3, -0.25) is 9.78 Å². The Bertz CT molecular complexity index is 1620. The largest absolute Gasteiger partial charge is 0.478 e. The Morgan fingerprint density at radius 3 is 2.51 bits per heavy atom. The van der Waals surface area contributed by atoms with Crippen molar-refractivity contribution in [1.82, 2.24) is 19.8 Å². The fraction of sp³-hybridized carbons (Fsp3) is 0.226. The van der Waals surface area contributed by atoms with Gasteiger partial charge in [0.15, 0.2) is 5.11 Å². The molecule has 1 fully saturated rings. The van der Waals surface area contributed by atoms with E-state index in [1.165, 1.54) is 24.3 Å². The van der Waals surface area contributed by atoms with Gasteiger partial charge in [-0.25, -0.2) is 9.18 Å². The van der Waals surface area contributed by atoms with E-state index in [-0.39, 0.29) is 35.8 Å². The third-order valence-electron chi connectivity index (χ3n) is 7.39. The lowest BCUT2D eigenvalue weighted by molar-refractivity contribution is -0.116. The Balaban J connectivity index is 1.50. The number of aromatic carboxylic acids is 1. The van der Waals surface area contributed by atoms with Crippen molar-refractivity contribution in [3.05, 3.63) is 113 Å². The van der Waals surface area contributed by atoms with E-state index in [4.69, 9.17) is 12.2 Å². The zero-order chi connectivity index (χ0) is 29.3. The number of carbonyl (C=O) groups excluding carboxylic acids is 1. The number of hydrogen-bond donors (Lipinski definition) is 3. The molecule has 0 unspecified atom stereocenters. The first-order valence-corrected chi connectivity index (χ1v) is 13.6. The molecule has 1 aliphatic heterocycles. The lowest BCUT2D eigenvalue weighted by atomic mass is 9.96. The highest BCUT2D eigenvalue weighted by atomic mass is 32.1. The summed E-state index contributed by atoms with van der Waals surface area (Å²) in [4.78, 5) is 31.2. The maximum atomic E-state index is 13.3. The second-order valence-electron chi connectivity index (χ2n) is 10.1. The lowest BCUT2D eigenvalue weighted by Crippen LogP contribution is -2.32. The zero-order valence-corrected chi connectivity index (χ0v) is 23.7. The molecule has 0 aliphatic carbocycles. The normalized spacial score (nSPS) is 16.5. The summed E-state index contributed by atoms with van der Waals surface area (Å²) in [6, 6.07) is 18.0. The molecule has 3 N–H and O–H groups in total. The summed E-state index contributed by atoms with van der Waals surface area (Å²) in [5.41, 5.74) is 6.14. The summed E-state index contributed by atoms with van der Waals surface area (Å²) in [5.74, 6) is -1.58. The summed E-state index contributed by atoms with van der Waals surface area (Å²) in [6.45, 7) is 6.28.